The fourth-order valence-electron chi connectivity index (χ4n) is 4.37. The molecule has 0 rings (SSSR count). The predicted octanol–water partition coefficient (Wildman–Crippen LogP) is 10.0. The lowest BCUT2D eigenvalue weighted by Crippen LogP contribution is -1.92. The number of hydrogen-bond donors (Lipinski definition) is 2. The molecule has 0 saturated heterocycles. The number of carboxylic acids is 2. The molecule has 0 aliphatic heterocycles. The van der Waals surface area contributed by atoms with E-state index in [4.69, 9.17) is 10.2 Å². The van der Waals surface area contributed by atoms with Gasteiger partial charge in [-0.25, -0.2) is 0 Å². The van der Waals surface area contributed by atoms with Gasteiger partial charge < -0.3 is 10.2 Å². The molecule has 0 aromatic heterocycles. The van der Waals surface area contributed by atoms with Crippen molar-refractivity contribution in [3.63, 3.8) is 0 Å². The van der Waals surface area contributed by atoms with Gasteiger partial charge in [-0.2, -0.15) is 0 Å². The van der Waals surface area contributed by atoms with Crippen LogP contribution in [0.2, 0.25) is 0 Å². The summed E-state index contributed by atoms with van der Waals surface area (Å²) >= 11 is 0. The molecule has 0 aromatic carbocycles. The average molecular weight is 493 g/mol. The van der Waals surface area contributed by atoms with Gasteiger partial charge in [-0.3, -0.25) is 9.59 Å². The van der Waals surface area contributed by atoms with E-state index in [9.17, 15) is 9.59 Å². The molecule has 0 atom stereocenters. The van der Waals surface area contributed by atoms with E-state index in [0.29, 0.717) is 12.8 Å². The molecule has 0 bridgehead atoms. The van der Waals surface area contributed by atoms with Crippen molar-refractivity contribution >= 4 is 11.9 Å². The zero-order valence-corrected chi connectivity index (χ0v) is 22.7. The van der Waals surface area contributed by atoms with E-state index in [1.54, 1.807) is 0 Å². The Bertz CT molecular complexity index is 478. The summed E-state index contributed by atoms with van der Waals surface area (Å²) in [5.74, 6) is -1.37. The molecule has 0 saturated carbocycles. The van der Waals surface area contributed by atoms with E-state index in [2.05, 4.69) is 24.3 Å². The highest BCUT2D eigenvalue weighted by atomic mass is 16.4. The molecule has 2 N–H and O–H groups in total. The molecule has 4 nitrogen and oxygen atoms in total. The molecule has 0 aliphatic rings. The van der Waals surface area contributed by atoms with E-state index < -0.39 is 11.9 Å². The zero-order chi connectivity index (χ0) is 25.7. The van der Waals surface area contributed by atoms with Crippen molar-refractivity contribution in [1.29, 1.82) is 0 Å². The third kappa shape index (κ3) is 32.4. The molecule has 0 aliphatic carbocycles. The molecule has 0 aromatic rings. The highest BCUT2D eigenvalue weighted by Crippen LogP contribution is 2.14. The molecule has 4 heteroatoms. The van der Waals surface area contributed by atoms with E-state index in [-0.39, 0.29) is 0 Å². The topological polar surface area (TPSA) is 74.6 Å². The highest BCUT2D eigenvalue weighted by Gasteiger charge is 1.96. The van der Waals surface area contributed by atoms with Crippen LogP contribution in [0.25, 0.3) is 0 Å². The van der Waals surface area contributed by atoms with E-state index in [0.717, 1.165) is 38.5 Å². The minimum atomic E-state index is -0.683. The van der Waals surface area contributed by atoms with Crippen molar-refractivity contribution < 1.29 is 19.8 Å². The van der Waals surface area contributed by atoms with Gasteiger partial charge in [0.2, 0.25) is 0 Å². The Labute approximate surface area is 216 Å². The van der Waals surface area contributed by atoms with Crippen LogP contribution in [-0.2, 0) is 9.59 Å². The summed E-state index contributed by atoms with van der Waals surface area (Å²) in [5.41, 5.74) is 0. The lowest BCUT2D eigenvalue weighted by molar-refractivity contribution is -0.138. The second kappa shape index (κ2) is 28.7. The Morgan fingerprint density at radius 2 is 0.543 bits per heavy atom. The molecule has 0 unspecified atom stereocenters. The number of carbonyl (C=O) groups is 2. The Balaban J connectivity index is 3.12. The van der Waals surface area contributed by atoms with Gasteiger partial charge in [-0.15, -0.1) is 0 Å². The summed E-state index contributed by atoms with van der Waals surface area (Å²) in [6.45, 7) is 0. The van der Waals surface area contributed by atoms with Gasteiger partial charge in [0.15, 0.2) is 0 Å². The number of unbranched alkanes of at least 4 members (excludes halogenated alkanes) is 20. The Morgan fingerprint density at radius 1 is 0.343 bits per heavy atom. The summed E-state index contributed by atoms with van der Waals surface area (Å²) in [4.78, 5) is 20.9. The van der Waals surface area contributed by atoms with Crippen LogP contribution in [0.15, 0.2) is 24.3 Å². The fourth-order valence-corrected chi connectivity index (χ4v) is 4.37. The summed E-state index contributed by atoms with van der Waals surface area (Å²) < 4.78 is 0. The van der Waals surface area contributed by atoms with Gasteiger partial charge in [0, 0.05) is 12.8 Å². The van der Waals surface area contributed by atoms with Crippen LogP contribution in [0.5, 0.6) is 0 Å². The third-order valence-corrected chi connectivity index (χ3v) is 6.60. The van der Waals surface area contributed by atoms with Crippen LogP contribution in [0.4, 0.5) is 0 Å². The fraction of sp³-hybridized carbons (Fsp3) is 0.806. The van der Waals surface area contributed by atoms with Crippen LogP contribution >= 0.6 is 0 Å². The smallest absolute Gasteiger partial charge is 0.303 e. The molecule has 0 spiro atoms. The summed E-state index contributed by atoms with van der Waals surface area (Å²) in [7, 11) is 0. The van der Waals surface area contributed by atoms with E-state index in [1.165, 1.54) is 109 Å². The van der Waals surface area contributed by atoms with Crippen LogP contribution in [0.3, 0.4) is 0 Å². The first-order valence-electron chi connectivity index (χ1n) is 14.9. The Morgan fingerprint density at radius 3 is 0.771 bits per heavy atom. The van der Waals surface area contributed by atoms with Gasteiger partial charge in [0.1, 0.15) is 0 Å². The summed E-state index contributed by atoms with van der Waals surface area (Å²) in [6.07, 6.45) is 38.2. The monoisotopic (exact) mass is 492 g/mol. The van der Waals surface area contributed by atoms with Gasteiger partial charge in [0.05, 0.1) is 0 Å². The second-order valence-electron chi connectivity index (χ2n) is 10.1. The largest absolute Gasteiger partial charge is 0.481 e. The lowest BCUT2D eigenvalue weighted by Gasteiger charge is -2.03. The Kier molecular flexibility index (Phi) is 27.4. The third-order valence-electron chi connectivity index (χ3n) is 6.60. The highest BCUT2D eigenvalue weighted by molar-refractivity contribution is 5.66. The normalized spacial score (nSPS) is 11.7. The molecule has 204 valence electrons. The van der Waals surface area contributed by atoms with E-state index >= 15 is 0 Å². The van der Waals surface area contributed by atoms with Crippen LogP contribution in [0, 0.1) is 0 Å². The van der Waals surface area contributed by atoms with Crippen LogP contribution in [-0.4, -0.2) is 22.2 Å². The van der Waals surface area contributed by atoms with Crippen molar-refractivity contribution in [2.24, 2.45) is 0 Å². The van der Waals surface area contributed by atoms with Gasteiger partial charge in [-0.1, -0.05) is 108 Å². The Hall–Kier alpha value is -1.58. The molecule has 0 radical (unpaired) electrons. The quantitative estimate of drug-likeness (QED) is 0.0841. The van der Waals surface area contributed by atoms with Crippen LogP contribution in [0.1, 0.15) is 161 Å². The number of aliphatic carboxylic acids is 2. The van der Waals surface area contributed by atoms with Crippen molar-refractivity contribution in [2.75, 3.05) is 0 Å². The summed E-state index contributed by atoms with van der Waals surface area (Å²) in [5, 5.41) is 17.2. The first-order chi connectivity index (χ1) is 17.1. The molecular formula is C31H56O4. The maximum absolute atomic E-state index is 10.4. The van der Waals surface area contributed by atoms with Gasteiger partial charge in [0.25, 0.3) is 0 Å². The lowest BCUT2D eigenvalue weighted by atomic mass is 10.0. The molecule has 0 heterocycles. The SMILES string of the molecule is O=C(O)CCCCC=CCCCCCCCCCCCCCCCCCC=CCCCCC(=O)O. The summed E-state index contributed by atoms with van der Waals surface area (Å²) in [6, 6.07) is 0. The number of hydrogen-bond acceptors (Lipinski definition) is 2. The van der Waals surface area contributed by atoms with Gasteiger partial charge >= 0.3 is 11.9 Å². The maximum atomic E-state index is 10.4. The first kappa shape index (κ1) is 33.4. The molecule has 0 amide bonds. The molecule has 0 fully saturated rings. The van der Waals surface area contributed by atoms with Crippen molar-refractivity contribution in [2.45, 2.75) is 161 Å². The second-order valence-corrected chi connectivity index (χ2v) is 10.1. The molecule has 35 heavy (non-hydrogen) atoms. The zero-order valence-electron chi connectivity index (χ0n) is 22.7. The predicted molar refractivity (Wildman–Crippen MR) is 149 cm³/mol. The van der Waals surface area contributed by atoms with Crippen molar-refractivity contribution in [1.82, 2.24) is 0 Å². The number of rotatable bonds is 28. The minimum absolute atomic E-state index is 0.301. The molecular weight excluding hydrogens is 436 g/mol. The van der Waals surface area contributed by atoms with Gasteiger partial charge in [-0.05, 0) is 64.2 Å². The maximum Gasteiger partial charge on any atom is 0.303 e. The minimum Gasteiger partial charge on any atom is -0.481 e. The first-order valence-corrected chi connectivity index (χ1v) is 14.9. The van der Waals surface area contributed by atoms with Crippen molar-refractivity contribution in [3.05, 3.63) is 24.3 Å². The number of carboxylic acid groups (broad SMARTS) is 2. The van der Waals surface area contributed by atoms with E-state index in [1.807, 2.05) is 0 Å². The average Bonchev–Trinajstić information content (AvgIpc) is 2.82. The standard InChI is InChI=1S/C31H56O4/c32-30(33)28-26-24-22-20-18-16-14-12-10-8-6-4-2-1-3-5-7-9-11-13-15-17-19-21-23-25-27-29-31(34)35/h18-21H,1-17,22-29H2,(H,32,33)(H,34,35). The van der Waals surface area contributed by atoms with Crippen LogP contribution < -0.4 is 0 Å². The number of allylic oxidation sites excluding steroid dienone is 4. The van der Waals surface area contributed by atoms with Crippen molar-refractivity contribution in [3.8, 4) is 0 Å².